The molecule has 6 nitrogen and oxygen atoms in total. The molecular formula is C10H11NO5S. The average Bonchev–Trinajstić information content (AvgIpc) is 2.28. The summed E-state index contributed by atoms with van der Waals surface area (Å²) in [5.41, 5.74) is -0.654. The van der Waals surface area contributed by atoms with E-state index in [1.165, 1.54) is 37.1 Å². The molecule has 0 aliphatic heterocycles. The maximum absolute atomic E-state index is 10.9. The van der Waals surface area contributed by atoms with E-state index in [2.05, 4.69) is 0 Å². The van der Waals surface area contributed by atoms with E-state index in [1.54, 1.807) is 0 Å². The predicted octanol–water partition coefficient (Wildman–Crippen LogP) is 2.03. The van der Waals surface area contributed by atoms with Crippen LogP contribution in [0.5, 0.6) is 0 Å². The van der Waals surface area contributed by atoms with Gasteiger partial charge < -0.3 is 9.84 Å². The monoisotopic (exact) mass is 257 g/mol. The first-order valence-corrected chi connectivity index (χ1v) is 5.69. The fourth-order valence-electron chi connectivity index (χ4n) is 1.23. The SMILES string of the molecule is COCCSc1cccc(C(=O)O)c1[N+](=O)[O-]. The quantitative estimate of drug-likeness (QED) is 0.363. The molecule has 0 spiro atoms. The van der Waals surface area contributed by atoms with Crippen LogP contribution in [0.15, 0.2) is 23.1 Å². The molecule has 0 aliphatic carbocycles. The van der Waals surface area contributed by atoms with Crippen LogP contribution in [0, 0.1) is 10.1 Å². The fourth-order valence-corrected chi connectivity index (χ4v) is 2.20. The molecule has 0 aliphatic rings. The third-order valence-corrected chi connectivity index (χ3v) is 2.97. The summed E-state index contributed by atoms with van der Waals surface area (Å²) in [5.74, 6) is -0.772. The zero-order valence-electron chi connectivity index (χ0n) is 9.08. The van der Waals surface area contributed by atoms with Crippen molar-refractivity contribution in [2.45, 2.75) is 4.90 Å². The number of para-hydroxylation sites is 1. The lowest BCUT2D eigenvalue weighted by molar-refractivity contribution is -0.388. The van der Waals surface area contributed by atoms with Gasteiger partial charge in [-0.3, -0.25) is 10.1 Å². The first-order valence-electron chi connectivity index (χ1n) is 4.70. The number of nitro benzene ring substituents is 1. The summed E-state index contributed by atoms with van der Waals surface area (Å²) in [4.78, 5) is 21.4. The summed E-state index contributed by atoms with van der Waals surface area (Å²) in [5, 5.41) is 19.7. The summed E-state index contributed by atoms with van der Waals surface area (Å²) in [6, 6.07) is 4.25. The Morgan fingerprint density at radius 2 is 2.29 bits per heavy atom. The Balaban J connectivity index is 3.07. The van der Waals surface area contributed by atoms with Gasteiger partial charge in [0.2, 0.25) is 0 Å². The molecule has 0 bridgehead atoms. The smallest absolute Gasteiger partial charge is 0.342 e. The van der Waals surface area contributed by atoms with Crippen molar-refractivity contribution in [1.82, 2.24) is 0 Å². The molecule has 0 aromatic heterocycles. The Bertz CT molecular complexity index is 435. The third-order valence-electron chi connectivity index (χ3n) is 1.96. The minimum atomic E-state index is -1.30. The van der Waals surface area contributed by atoms with Crippen LogP contribution in [0.25, 0.3) is 0 Å². The highest BCUT2D eigenvalue weighted by atomic mass is 32.2. The summed E-state index contributed by atoms with van der Waals surface area (Å²) >= 11 is 1.20. The van der Waals surface area contributed by atoms with E-state index in [0.29, 0.717) is 17.3 Å². The summed E-state index contributed by atoms with van der Waals surface area (Å²) in [7, 11) is 1.53. The molecule has 1 N–H and O–H groups in total. The Labute approximate surface area is 102 Å². The van der Waals surface area contributed by atoms with Crippen LogP contribution in [-0.2, 0) is 4.74 Å². The Morgan fingerprint density at radius 1 is 1.59 bits per heavy atom. The molecule has 1 aromatic rings. The van der Waals surface area contributed by atoms with Crippen molar-refractivity contribution in [2.75, 3.05) is 19.5 Å². The second-order valence-corrected chi connectivity index (χ2v) is 4.19. The van der Waals surface area contributed by atoms with E-state index in [0.717, 1.165) is 0 Å². The number of nitro groups is 1. The van der Waals surface area contributed by atoms with Gasteiger partial charge in [0.1, 0.15) is 5.56 Å². The number of carboxylic acid groups (broad SMARTS) is 1. The van der Waals surface area contributed by atoms with Gasteiger partial charge in [-0.1, -0.05) is 6.07 Å². The molecule has 0 atom stereocenters. The van der Waals surface area contributed by atoms with Crippen LogP contribution in [0.3, 0.4) is 0 Å². The van der Waals surface area contributed by atoms with Crippen LogP contribution >= 0.6 is 11.8 Å². The van der Waals surface area contributed by atoms with E-state index in [4.69, 9.17) is 9.84 Å². The first-order chi connectivity index (χ1) is 8.07. The minimum absolute atomic E-state index is 0.294. The number of hydrogen-bond donors (Lipinski definition) is 1. The minimum Gasteiger partial charge on any atom is -0.477 e. The molecule has 1 rings (SSSR count). The zero-order valence-corrected chi connectivity index (χ0v) is 9.90. The van der Waals surface area contributed by atoms with Gasteiger partial charge in [0.15, 0.2) is 0 Å². The number of ether oxygens (including phenoxy) is 1. The van der Waals surface area contributed by atoms with Crippen LogP contribution in [0.4, 0.5) is 5.69 Å². The van der Waals surface area contributed by atoms with Gasteiger partial charge in [0.05, 0.1) is 16.4 Å². The standard InChI is InChI=1S/C10H11NO5S/c1-16-5-6-17-8-4-2-3-7(10(12)13)9(8)11(14)15/h2-4H,5-6H2,1H3,(H,12,13). The van der Waals surface area contributed by atoms with E-state index < -0.39 is 10.9 Å². The molecule has 92 valence electrons. The van der Waals surface area contributed by atoms with Gasteiger partial charge >= 0.3 is 5.97 Å². The van der Waals surface area contributed by atoms with Gasteiger partial charge in [-0.15, -0.1) is 11.8 Å². The number of carboxylic acids is 1. The van der Waals surface area contributed by atoms with Gasteiger partial charge in [0.25, 0.3) is 5.69 Å². The van der Waals surface area contributed by atoms with Crippen LogP contribution < -0.4 is 0 Å². The van der Waals surface area contributed by atoms with Gasteiger partial charge in [-0.25, -0.2) is 4.79 Å². The van der Waals surface area contributed by atoms with E-state index in [9.17, 15) is 14.9 Å². The Hall–Kier alpha value is -1.60. The summed E-state index contributed by atoms with van der Waals surface area (Å²) in [6.07, 6.45) is 0. The lowest BCUT2D eigenvalue weighted by Gasteiger charge is -2.04. The number of hydrogen-bond acceptors (Lipinski definition) is 5. The number of rotatable bonds is 6. The molecule has 0 fully saturated rings. The summed E-state index contributed by atoms with van der Waals surface area (Å²) < 4.78 is 4.83. The second-order valence-electron chi connectivity index (χ2n) is 3.06. The van der Waals surface area contributed by atoms with Gasteiger partial charge in [-0.05, 0) is 12.1 Å². The second kappa shape index (κ2) is 6.21. The molecule has 7 heteroatoms. The van der Waals surface area contributed by atoms with Crippen molar-refractivity contribution in [3.8, 4) is 0 Å². The predicted molar refractivity (Wildman–Crippen MR) is 62.7 cm³/mol. The van der Waals surface area contributed by atoms with Crippen LogP contribution in [-0.4, -0.2) is 35.5 Å². The lowest BCUT2D eigenvalue weighted by Crippen LogP contribution is -2.04. The van der Waals surface area contributed by atoms with Gasteiger partial charge in [0, 0.05) is 12.9 Å². The number of methoxy groups -OCH3 is 1. The number of thioether (sulfide) groups is 1. The molecule has 0 radical (unpaired) electrons. The van der Waals surface area contributed by atoms with Crippen molar-refractivity contribution >= 4 is 23.4 Å². The molecule has 17 heavy (non-hydrogen) atoms. The fraction of sp³-hybridized carbons (Fsp3) is 0.300. The summed E-state index contributed by atoms with van der Waals surface area (Å²) in [6.45, 7) is 0.444. The van der Waals surface area contributed by atoms with Gasteiger partial charge in [-0.2, -0.15) is 0 Å². The number of benzene rings is 1. The number of carbonyl (C=O) groups is 1. The molecule has 0 saturated heterocycles. The Kier molecular flexibility index (Phi) is 4.92. The molecular weight excluding hydrogens is 246 g/mol. The highest BCUT2D eigenvalue weighted by molar-refractivity contribution is 7.99. The maximum atomic E-state index is 10.9. The normalized spacial score (nSPS) is 10.2. The number of aromatic carboxylic acids is 1. The van der Waals surface area contributed by atoms with Crippen molar-refractivity contribution < 1.29 is 19.6 Å². The van der Waals surface area contributed by atoms with Crippen molar-refractivity contribution in [3.63, 3.8) is 0 Å². The molecule has 0 unspecified atom stereocenters. The molecule has 0 saturated carbocycles. The highest BCUT2D eigenvalue weighted by Gasteiger charge is 2.23. The van der Waals surface area contributed by atoms with Crippen LogP contribution in [0.1, 0.15) is 10.4 Å². The lowest BCUT2D eigenvalue weighted by atomic mass is 10.2. The zero-order chi connectivity index (χ0) is 12.8. The van der Waals surface area contributed by atoms with Crippen LogP contribution in [0.2, 0.25) is 0 Å². The highest BCUT2D eigenvalue weighted by Crippen LogP contribution is 2.32. The molecule has 1 aromatic carbocycles. The topological polar surface area (TPSA) is 89.7 Å². The van der Waals surface area contributed by atoms with Crippen molar-refractivity contribution in [1.29, 1.82) is 0 Å². The van der Waals surface area contributed by atoms with Crippen molar-refractivity contribution in [2.24, 2.45) is 0 Å². The van der Waals surface area contributed by atoms with E-state index in [-0.39, 0.29) is 11.3 Å². The van der Waals surface area contributed by atoms with E-state index in [1.807, 2.05) is 0 Å². The van der Waals surface area contributed by atoms with Crippen molar-refractivity contribution in [3.05, 3.63) is 33.9 Å². The third kappa shape index (κ3) is 3.43. The average molecular weight is 257 g/mol. The van der Waals surface area contributed by atoms with E-state index >= 15 is 0 Å². The maximum Gasteiger partial charge on any atom is 0.342 e. The Morgan fingerprint density at radius 3 is 2.82 bits per heavy atom. The number of nitrogens with zero attached hydrogens (tertiary/aromatic N) is 1. The largest absolute Gasteiger partial charge is 0.477 e. The molecule has 0 amide bonds. The first kappa shape index (κ1) is 13.5. The molecule has 0 heterocycles.